The molecular weight excluding hydrogens is 260 g/mol. The van der Waals surface area contributed by atoms with Crippen LogP contribution in [0.5, 0.6) is 0 Å². The fourth-order valence-electron chi connectivity index (χ4n) is 2.57. The summed E-state index contributed by atoms with van der Waals surface area (Å²) in [6, 6.07) is 7.79. The topological polar surface area (TPSA) is 63.4 Å². The quantitative estimate of drug-likeness (QED) is 0.896. The van der Waals surface area contributed by atoms with E-state index in [4.69, 9.17) is 5.73 Å². The molecule has 1 aromatic carbocycles. The first kappa shape index (κ1) is 14.5. The third-order valence-corrected chi connectivity index (χ3v) is 6.13. The summed E-state index contributed by atoms with van der Waals surface area (Å²) in [6.45, 7) is 0.945. The Bertz CT molecular complexity index is 505. The molecule has 0 bridgehead atoms. The van der Waals surface area contributed by atoms with E-state index in [9.17, 15) is 8.42 Å². The molecule has 4 nitrogen and oxygen atoms in total. The molecule has 1 fully saturated rings. The standard InChI is InChI=1S/C14H22N2O2S/c1-16(19(17,18)14-4-2-3-5-14)11-13-8-6-12(10-15)7-9-13/h6-9,14H,2-5,10-11,15H2,1H3. The molecule has 0 aliphatic heterocycles. The lowest BCUT2D eigenvalue weighted by Crippen LogP contribution is -2.34. The van der Waals surface area contributed by atoms with Gasteiger partial charge in [-0.05, 0) is 24.0 Å². The molecule has 19 heavy (non-hydrogen) atoms. The Morgan fingerprint density at radius 3 is 2.21 bits per heavy atom. The third-order valence-electron chi connectivity index (χ3n) is 3.82. The lowest BCUT2D eigenvalue weighted by molar-refractivity contribution is 0.455. The molecule has 1 aromatic rings. The zero-order valence-corrected chi connectivity index (χ0v) is 12.2. The minimum absolute atomic E-state index is 0.180. The van der Waals surface area contributed by atoms with Gasteiger partial charge in [-0.3, -0.25) is 0 Å². The lowest BCUT2D eigenvalue weighted by atomic mass is 10.1. The predicted molar refractivity (Wildman–Crippen MR) is 77.0 cm³/mol. The van der Waals surface area contributed by atoms with Gasteiger partial charge in [-0.1, -0.05) is 37.1 Å². The van der Waals surface area contributed by atoms with Crippen molar-refractivity contribution < 1.29 is 8.42 Å². The average molecular weight is 282 g/mol. The Morgan fingerprint density at radius 2 is 1.68 bits per heavy atom. The molecule has 0 amide bonds. The van der Waals surface area contributed by atoms with Gasteiger partial charge in [-0.2, -0.15) is 0 Å². The molecule has 5 heteroatoms. The van der Waals surface area contributed by atoms with Crippen LogP contribution in [0.15, 0.2) is 24.3 Å². The summed E-state index contributed by atoms with van der Waals surface area (Å²) >= 11 is 0. The summed E-state index contributed by atoms with van der Waals surface area (Å²) < 4.78 is 26.2. The SMILES string of the molecule is CN(Cc1ccc(CN)cc1)S(=O)(=O)C1CCCC1. The molecule has 0 radical (unpaired) electrons. The molecule has 2 rings (SSSR count). The van der Waals surface area contributed by atoms with Crippen LogP contribution < -0.4 is 5.73 Å². The van der Waals surface area contributed by atoms with Gasteiger partial charge in [-0.25, -0.2) is 12.7 Å². The molecule has 0 unspecified atom stereocenters. The molecule has 0 spiro atoms. The van der Waals surface area contributed by atoms with Crippen LogP contribution in [0.2, 0.25) is 0 Å². The van der Waals surface area contributed by atoms with Gasteiger partial charge in [-0.15, -0.1) is 0 Å². The summed E-state index contributed by atoms with van der Waals surface area (Å²) in [6.07, 6.45) is 3.67. The zero-order valence-electron chi connectivity index (χ0n) is 11.4. The van der Waals surface area contributed by atoms with Gasteiger partial charge < -0.3 is 5.73 Å². The molecule has 106 valence electrons. The van der Waals surface area contributed by atoms with E-state index in [1.54, 1.807) is 7.05 Å². The Labute approximate surface area is 115 Å². The molecule has 1 aliphatic rings. The molecule has 2 N–H and O–H groups in total. The van der Waals surface area contributed by atoms with Crippen LogP contribution in [0.4, 0.5) is 0 Å². The van der Waals surface area contributed by atoms with Gasteiger partial charge in [0.15, 0.2) is 0 Å². The minimum atomic E-state index is -3.14. The van der Waals surface area contributed by atoms with E-state index in [0.717, 1.165) is 36.8 Å². The van der Waals surface area contributed by atoms with Crippen LogP contribution in [-0.2, 0) is 23.1 Å². The highest BCUT2D eigenvalue weighted by Gasteiger charge is 2.31. The van der Waals surface area contributed by atoms with E-state index in [-0.39, 0.29) is 5.25 Å². The van der Waals surface area contributed by atoms with Gasteiger partial charge in [0, 0.05) is 20.1 Å². The van der Waals surface area contributed by atoms with Crippen molar-refractivity contribution in [2.24, 2.45) is 5.73 Å². The van der Waals surface area contributed by atoms with Crippen LogP contribution in [0, 0.1) is 0 Å². The van der Waals surface area contributed by atoms with Gasteiger partial charge in [0.1, 0.15) is 0 Å². The Balaban J connectivity index is 2.04. The molecule has 1 saturated carbocycles. The summed E-state index contributed by atoms with van der Waals surface area (Å²) in [4.78, 5) is 0. The number of nitrogens with two attached hydrogens (primary N) is 1. The number of sulfonamides is 1. The van der Waals surface area contributed by atoms with E-state index in [0.29, 0.717) is 13.1 Å². The maximum Gasteiger partial charge on any atom is 0.217 e. The number of hydrogen-bond donors (Lipinski definition) is 1. The highest BCUT2D eigenvalue weighted by atomic mass is 32.2. The van der Waals surface area contributed by atoms with Crippen LogP contribution in [-0.4, -0.2) is 25.0 Å². The Hall–Kier alpha value is -0.910. The fourth-order valence-corrected chi connectivity index (χ4v) is 4.34. The molecule has 0 heterocycles. The number of rotatable bonds is 5. The maximum absolute atomic E-state index is 12.4. The van der Waals surface area contributed by atoms with Gasteiger partial charge in [0.2, 0.25) is 10.0 Å². The van der Waals surface area contributed by atoms with Crippen LogP contribution in [0.1, 0.15) is 36.8 Å². The van der Waals surface area contributed by atoms with Crippen LogP contribution in [0.25, 0.3) is 0 Å². The van der Waals surface area contributed by atoms with Crippen LogP contribution >= 0.6 is 0 Å². The van der Waals surface area contributed by atoms with Gasteiger partial charge >= 0.3 is 0 Å². The van der Waals surface area contributed by atoms with E-state index >= 15 is 0 Å². The van der Waals surface area contributed by atoms with Crippen molar-refractivity contribution in [3.05, 3.63) is 35.4 Å². The van der Waals surface area contributed by atoms with Crippen LogP contribution in [0.3, 0.4) is 0 Å². The van der Waals surface area contributed by atoms with Crippen molar-refractivity contribution >= 4 is 10.0 Å². The highest BCUT2D eigenvalue weighted by molar-refractivity contribution is 7.89. The molecular formula is C14H22N2O2S. The minimum Gasteiger partial charge on any atom is -0.326 e. The second-order valence-corrected chi connectivity index (χ2v) is 7.55. The van der Waals surface area contributed by atoms with E-state index < -0.39 is 10.0 Å². The average Bonchev–Trinajstić information content (AvgIpc) is 2.94. The van der Waals surface area contributed by atoms with Crippen molar-refractivity contribution in [3.8, 4) is 0 Å². The molecule has 1 aliphatic carbocycles. The summed E-state index contributed by atoms with van der Waals surface area (Å²) in [5, 5.41) is -0.180. The monoisotopic (exact) mass is 282 g/mol. The Morgan fingerprint density at radius 1 is 1.16 bits per heavy atom. The first-order chi connectivity index (χ1) is 9.04. The summed E-state index contributed by atoms with van der Waals surface area (Å²) in [5.41, 5.74) is 7.61. The highest BCUT2D eigenvalue weighted by Crippen LogP contribution is 2.27. The van der Waals surface area contributed by atoms with Crippen molar-refractivity contribution in [1.82, 2.24) is 4.31 Å². The molecule has 0 atom stereocenters. The first-order valence-corrected chi connectivity index (χ1v) is 8.27. The molecule has 0 aromatic heterocycles. The smallest absolute Gasteiger partial charge is 0.217 e. The van der Waals surface area contributed by atoms with E-state index in [2.05, 4.69) is 0 Å². The van der Waals surface area contributed by atoms with Crippen molar-refractivity contribution in [1.29, 1.82) is 0 Å². The Kier molecular flexibility index (Phi) is 4.60. The van der Waals surface area contributed by atoms with Crippen molar-refractivity contribution in [3.63, 3.8) is 0 Å². The van der Waals surface area contributed by atoms with E-state index in [1.807, 2.05) is 24.3 Å². The second-order valence-electron chi connectivity index (χ2n) is 5.23. The normalized spacial score (nSPS) is 17.2. The molecule has 0 saturated heterocycles. The van der Waals surface area contributed by atoms with Crippen molar-refractivity contribution in [2.45, 2.75) is 44.0 Å². The fraction of sp³-hybridized carbons (Fsp3) is 0.571. The lowest BCUT2D eigenvalue weighted by Gasteiger charge is -2.21. The second kappa shape index (κ2) is 6.03. The van der Waals surface area contributed by atoms with Crippen molar-refractivity contribution in [2.75, 3.05) is 7.05 Å². The number of hydrogen-bond acceptors (Lipinski definition) is 3. The van der Waals surface area contributed by atoms with E-state index in [1.165, 1.54) is 4.31 Å². The van der Waals surface area contributed by atoms with Gasteiger partial charge in [0.25, 0.3) is 0 Å². The number of nitrogens with zero attached hydrogens (tertiary/aromatic N) is 1. The summed E-state index contributed by atoms with van der Waals surface area (Å²) in [7, 11) is -1.47. The summed E-state index contributed by atoms with van der Waals surface area (Å²) in [5.74, 6) is 0. The largest absolute Gasteiger partial charge is 0.326 e. The third kappa shape index (κ3) is 3.35. The first-order valence-electron chi connectivity index (χ1n) is 6.77. The number of benzene rings is 1. The van der Waals surface area contributed by atoms with Gasteiger partial charge in [0.05, 0.1) is 5.25 Å². The zero-order chi connectivity index (χ0) is 13.9. The maximum atomic E-state index is 12.4. The predicted octanol–water partition coefficient (Wildman–Crippen LogP) is 1.85.